The van der Waals surface area contributed by atoms with Crippen LogP contribution in [0.5, 0.6) is 0 Å². The van der Waals surface area contributed by atoms with Crippen molar-refractivity contribution in [3.8, 4) is 11.1 Å². The van der Waals surface area contributed by atoms with Crippen molar-refractivity contribution in [3.63, 3.8) is 0 Å². The molecule has 0 N–H and O–H groups in total. The predicted molar refractivity (Wildman–Crippen MR) is 64.9 cm³/mol. The molecule has 1 aromatic carbocycles. The van der Waals surface area contributed by atoms with Crippen LogP contribution in [0.1, 0.15) is 15.9 Å². The Morgan fingerprint density at radius 1 is 1.05 bits per heavy atom. The van der Waals surface area contributed by atoms with E-state index in [-0.39, 0.29) is 0 Å². The zero-order valence-corrected chi connectivity index (χ0v) is 10.2. The fourth-order valence-corrected chi connectivity index (χ4v) is 1.84. The van der Waals surface area contributed by atoms with E-state index in [0.717, 1.165) is 12.1 Å². The van der Waals surface area contributed by atoms with E-state index in [4.69, 9.17) is 11.6 Å². The minimum absolute atomic E-state index is 0.344. The molecule has 0 spiro atoms. The first-order chi connectivity index (χ1) is 8.89. The van der Waals surface area contributed by atoms with Crippen LogP contribution in [-0.2, 0) is 6.18 Å². The topological polar surface area (TPSA) is 30.0 Å². The minimum Gasteiger partial charge on any atom is -0.276 e. The lowest BCUT2D eigenvalue weighted by molar-refractivity contribution is -0.137. The molecule has 1 aromatic heterocycles. The Morgan fingerprint density at radius 2 is 1.68 bits per heavy atom. The van der Waals surface area contributed by atoms with Gasteiger partial charge in [-0.25, -0.2) is 0 Å². The number of carbonyl (C=O) groups is 1. The number of benzene rings is 1. The summed E-state index contributed by atoms with van der Waals surface area (Å²) in [6.45, 7) is 0. The first kappa shape index (κ1) is 13.5. The van der Waals surface area contributed by atoms with E-state index in [1.165, 1.54) is 18.5 Å². The molecule has 0 bridgehead atoms. The average molecular weight is 286 g/mol. The standard InChI is InChI=1S/C13H7ClF3NO/c14-12(19)10-2-1-9(7-11(10)13(15,16)17)8-3-5-18-6-4-8/h1-7H. The van der Waals surface area contributed by atoms with Gasteiger partial charge in [-0.3, -0.25) is 9.78 Å². The second kappa shape index (κ2) is 5.01. The highest BCUT2D eigenvalue weighted by atomic mass is 35.5. The molecular formula is C13H7ClF3NO. The zero-order valence-electron chi connectivity index (χ0n) is 9.41. The van der Waals surface area contributed by atoms with Crippen LogP contribution in [0.15, 0.2) is 42.7 Å². The van der Waals surface area contributed by atoms with Crippen molar-refractivity contribution in [1.82, 2.24) is 4.98 Å². The smallest absolute Gasteiger partial charge is 0.276 e. The number of alkyl halides is 3. The van der Waals surface area contributed by atoms with Gasteiger partial charge in [-0.2, -0.15) is 13.2 Å². The molecule has 2 rings (SSSR count). The fourth-order valence-electron chi connectivity index (χ4n) is 1.67. The van der Waals surface area contributed by atoms with Crippen molar-refractivity contribution in [3.05, 3.63) is 53.9 Å². The molecule has 0 unspecified atom stereocenters. The van der Waals surface area contributed by atoms with Crippen LogP contribution in [0.4, 0.5) is 13.2 Å². The Morgan fingerprint density at radius 3 is 2.21 bits per heavy atom. The number of halogens is 4. The van der Waals surface area contributed by atoms with Gasteiger partial charge in [0.05, 0.1) is 5.56 Å². The molecule has 2 aromatic rings. The average Bonchev–Trinajstić information content (AvgIpc) is 2.38. The summed E-state index contributed by atoms with van der Waals surface area (Å²) >= 11 is 5.16. The number of hydrogen-bond donors (Lipinski definition) is 0. The third-order valence-corrected chi connectivity index (χ3v) is 2.75. The lowest BCUT2D eigenvalue weighted by atomic mass is 10.00. The predicted octanol–water partition coefficient (Wildman–Crippen LogP) is 4.15. The summed E-state index contributed by atoms with van der Waals surface area (Å²) in [5.41, 5.74) is -0.667. The minimum atomic E-state index is -4.64. The maximum atomic E-state index is 12.9. The summed E-state index contributed by atoms with van der Waals surface area (Å²) in [5.74, 6) is 0. The number of hydrogen-bond acceptors (Lipinski definition) is 2. The van der Waals surface area contributed by atoms with Crippen molar-refractivity contribution < 1.29 is 18.0 Å². The van der Waals surface area contributed by atoms with E-state index >= 15 is 0 Å². The molecule has 0 saturated heterocycles. The quantitative estimate of drug-likeness (QED) is 0.776. The molecule has 2 nitrogen and oxygen atoms in total. The first-order valence-electron chi connectivity index (χ1n) is 5.21. The SMILES string of the molecule is O=C(Cl)c1ccc(-c2ccncc2)cc1C(F)(F)F. The summed E-state index contributed by atoms with van der Waals surface area (Å²) in [6, 6.07) is 6.56. The van der Waals surface area contributed by atoms with Crippen molar-refractivity contribution in [2.75, 3.05) is 0 Å². The van der Waals surface area contributed by atoms with Crippen LogP contribution in [0.3, 0.4) is 0 Å². The summed E-state index contributed by atoms with van der Waals surface area (Å²) in [5, 5.41) is -1.13. The van der Waals surface area contributed by atoms with Crippen molar-refractivity contribution >= 4 is 16.8 Å². The highest BCUT2D eigenvalue weighted by Crippen LogP contribution is 2.35. The van der Waals surface area contributed by atoms with Gasteiger partial charge in [0.1, 0.15) is 0 Å². The zero-order chi connectivity index (χ0) is 14.0. The summed E-state index contributed by atoms with van der Waals surface area (Å²) < 4.78 is 38.6. The van der Waals surface area contributed by atoms with E-state index in [1.807, 2.05) is 0 Å². The highest BCUT2D eigenvalue weighted by Gasteiger charge is 2.35. The summed E-state index contributed by atoms with van der Waals surface area (Å²) in [6.07, 6.45) is -1.69. The third-order valence-electron chi connectivity index (χ3n) is 2.55. The summed E-state index contributed by atoms with van der Waals surface area (Å²) in [7, 11) is 0. The van der Waals surface area contributed by atoms with Gasteiger partial charge in [-0.1, -0.05) is 6.07 Å². The molecule has 98 valence electrons. The third kappa shape index (κ3) is 2.93. The van der Waals surface area contributed by atoms with Gasteiger partial charge in [0.2, 0.25) is 0 Å². The maximum Gasteiger partial charge on any atom is 0.417 e. The molecule has 0 aliphatic heterocycles. The number of aromatic nitrogens is 1. The first-order valence-corrected chi connectivity index (χ1v) is 5.59. The van der Waals surface area contributed by atoms with Crippen LogP contribution in [-0.4, -0.2) is 10.2 Å². The van der Waals surface area contributed by atoms with Gasteiger partial charge in [-0.15, -0.1) is 0 Å². The Labute approximate surface area is 111 Å². The fraction of sp³-hybridized carbons (Fsp3) is 0.0769. The lowest BCUT2D eigenvalue weighted by Crippen LogP contribution is -2.11. The molecule has 1 heterocycles. The van der Waals surface area contributed by atoms with E-state index in [2.05, 4.69) is 4.98 Å². The van der Waals surface area contributed by atoms with E-state index in [9.17, 15) is 18.0 Å². The molecule has 0 radical (unpaired) electrons. The number of pyridine rings is 1. The van der Waals surface area contributed by atoms with Crippen LogP contribution in [0.25, 0.3) is 11.1 Å². The molecule has 0 atom stereocenters. The molecular weight excluding hydrogens is 279 g/mol. The van der Waals surface area contributed by atoms with Crippen molar-refractivity contribution in [2.24, 2.45) is 0 Å². The molecule has 0 aliphatic carbocycles. The maximum absolute atomic E-state index is 12.9. The lowest BCUT2D eigenvalue weighted by Gasteiger charge is -2.12. The van der Waals surface area contributed by atoms with Crippen LogP contribution in [0, 0.1) is 0 Å². The van der Waals surface area contributed by atoms with Crippen LogP contribution in [0.2, 0.25) is 0 Å². The Bertz CT molecular complexity index is 611. The van der Waals surface area contributed by atoms with E-state index < -0.39 is 22.5 Å². The van der Waals surface area contributed by atoms with E-state index in [0.29, 0.717) is 11.1 Å². The molecule has 6 heteroatoms. The van der Waals surface area contributed by atoms with Crippen LogP contribution < -0.4 is 0 Å². The largest absolute Gasteiger partial charge is 0.417 e. The van der Waals surface area contributed by atoms with Gasteiger partial charge in [0.25, 0.3) is 5.24 Å². The molecule has 0 saturated carbocycles. The Kier molecular flexibility index (Phi) is 3.57. The van der Waals surface area contributed by atoms with E-state index in [1.54, 1.807) is 12.1 Å². The molecule has 0 aliphatic rings. The normalized spacial score (nSPS) is 11.4. The highest BCUT2D eigenvalue weighted by molar-refractivity contribution is 6.67. The van der Waals surface area contributed by atoms with Gasteiger partial charge < -0.3 is 0 Å². The van der Waals surface area contributed by atoms with Gasteiger partial charge in [0.15, 0.2) is 0 Å². The second-order valence-electron chi connectivity index (χ2n) is 3.77. The van der Waals surface area contributed by atoms with Gasteiger partial charge in [-0.05, 0) is 47.0 Å². The number of carbonyl (C=O) groups excluding carboxylic acids is 1. The molecule has 19 heavy (non-hydrogen) atoms. The van der Waals surface area contributed by atoms with Crippen molar-refractivity contribution in [2.45, 2.75) is 6.18 Å². The number of nitrogens with zero attached hydrogens (tertiary/aromatic N) is 1. The molecule has 0 fully saturated rings. The number of rotatable bonds is 2. The monoisotopic (exact) mass is 285 g/mol. The summed E-state index contributed by atoms with van der Waals surface area (Å²) in [4.78, 5) is 14.8. The second-order valence-corrected chi connectivity index (χ2v) is 4.11. The Balaban J connectivity index is 2.60. The van der Waals surface area contributed by atoms with Gasteiger partial charge >= 0.3 is 6.18 Å². The van der Waals surface area contributed by atoms with Crippen molar-refractivity contribution in [1.29, 1.82) is 0 Å². The molecule has 0 amide bonds. The van der Waals surface area contributed by atoms with Gasteiger partial charge in [0, 0.05) is 18.0 Å². The van der Waals surface area contributed by atoms with Crippen LogP contribution >= 0.6 is 11.6 Å². The Hall–Kier alpha value is -1.88.